The maximum absolute atomic E-state index is 14.4. The van der Waals surface area contributed by atoms with Gasteiger partial charge in [-0.2, -0.15) is 18.8 Å². The van der Waals surface area contributed by atoms with Crippen LogP contribution in [-0.2, 0) is 30.2 Å². The van der Waals surface area contributed by atoms with Crippen molar-refractivity contribution in [1.29, 1.82) is 5.26 Å². The van der Waals surface area contributed by atoms with Crippen LogP contribution in [0.3, 0.4) is 0 Å². The number of benzene rings is 1. The third kappa shape index (κ3) is 5.78. The van der Waals surface area contributed by atoms with Gasteiger partial charge in [0.15, 0.2) is 5.49 Å². The van der Waals surface area contributed by atoms with Gasteiger partial charge in [0, 0.05) is 19.3 Å². The van der Waals surface area contributed by atoms with Crippen molar-refractivity contribution >= 4 is 5.91 Å². The van der Waals surface area contributed by atoms with Crippen molar-refractivity contribution in [3.05, 3.63) is 94.4 Å². The number of nitriles is 1. The number of carbonyl (C=O) groups excluding carboxylic acids is 1. The van der Waals surface area contributed by atoms with E-state index in [0.717, 1.165) is 11.1 Å². The zero-order valence-electron chi connectivity index (χ0n) is 17.6. The fourth-order valence-electron chi connectivity index (χ4n) is 3.15. The van der Waals surface area contributed by atoms with Gasteiger partial charge in [0.05, 0.1) is 17.7 Å². The highest BCUT2D eigenvalue weighted by molar-refractivity contribution is 5.78. The molecule has 0 aliphatic heterocycles. The van der Waals surface area contributed by atoms with Gasteiger partial charge in [0.1, 0.15) is 18.3 Å². The van der Waals surface area contributed by atoms with Crippen LogP contribution >= 0.6 is 0 Å². The summed E-state index contributed by atoms with van der Waals surface area (Å²) in [4.78, 5) is 19.9. The van der Waals surface area contributed by atoms with Gasteiger partial charge in [-0.05, 0) is 35.4 Å². The second-order valence-corrected chi connectivity index (χ2v) is 7.14. The molecule has 0 unspecified atom stereocenters. The number of nitrogens with two attached hydrogens (primary N) is 1. The van der Waals surface area contributed by atoms with Crippen molar-refractivity contribution in [2.75, 3.05) is 6.54 Å². The van der Waals surface area contributed by atoms with Crippen molar-refractivity contribution in [2.45, 2.75) is 25.4 Å². The van der Waals surface area contributed by atoms with Crippen molar-refractivity contribution in [3.63, 3.8) is 0 Å². The monoisotopic (exact) mass is 452 g/mol. The Kier molecular flexibility index (Phi) is 7.48. The SMILES string of the molecule is N#Cc1ccc(=NCC(F)(F)c2ccccn2)n(O)c1CC(=O)NCc1ccccc1CN. The highest BCUT2D eigenvalue weighted by atomic mass is 19.3. The van der Waals surface area contributed by atoms with E-state index in [4.69, 9.17) is 5.73 Å². The van der Waals surface area contributed by atoms with Gasteiger partial charge in [-0.1, -0.05) is 30.3 Å². The van der Waals surface area contributed by atoms with E-state index in [1.807, 2.05) is 30.3 Å². The summed E-state index contributed by atoms with van der Waals surface area (Å²) in [7, 11) is 0. The van der Waals surface area contributed by atoms with Gasteiger partial charge < -0.3 is 16.3 Å². The van der Waals surface area contributed by atoms with E-state index in [1.54, 1.807) is 0 Å². The number of pyridine rings is 2. The molecule has 3 rings (SSSR count). The van der Waals surface area contributed by atoms with Crippen LogP contribution in [0.2, 0.25) is 0 Å². The molecule has 0 saturated carbocycles. The number of hydrogen-bond donors (Lipinski definition) is 3. The first-order chi connectivity index (χ1) is 15.9. The average molecular weight is 452 g/mol. The molecule has 33 heavy (non-hydrogen) atoms. The fourth-order valence-corrected chi connectivity index (χ4v) is 3.15. The first-order valence-corrected chi connectivity index (χ1v) is 10.0. The van der Waals surface area contributed by atoms with Crippen LogP contribution in [0.25, 0.3) is 0 Å². The lowest BCUT2D eigenvalue weighted by molar-refractivity contribution is -0.120. The first kappa shape index (κ1) is 23.6. The van der Waals surface area contributed by atoms with E-state index >= 15 is 0 Å². The molecule has 10 heteroatoms. The summed E-state index contributed by atoms with van der Waals surface area (Å²) >= 11 is 0. The van der Waals surface area contributed by atoms with Crippen molar-refractivity contribution in [2.24, 2.45) is 10.7 Å². The second-order valence-electron chi connectivity index (χ2n) is 7.14. The van der Waals surface area contributed by atoms with Gasteiger partial charge in [-0.25, -0.2) is 0 Å². The first-order valence-electron chi connectivity index (χ1n) is 10.0. The zero-order chi connectivity index (χ0) is 23.8. The maximum Gasteiger partial charge on any atom is 0.308 e. The Balaban J connectivity index is 1.79. The molecule has 1 amide bonds. The predicted molar refractivity (Wildman–Crippen MR) is 115 cm³/mol. The summed E-state index contributed by atoms with van der Waals surface area (Å²) in [5, 5.41) is 22.6. The number of amides is 1. The molecule has 170 valence electrons. The predicted octanol–water partition coefficient (Wildman–Crippen LogP) is 2.00. The molecule has 2 aromatic heterocycles. The Bertz CT molecular complexity index is 1240. The third-order valence-electron chi connectivity index (χ3n) is 4.92. The van der Waals surface area contributed by atoms with Gasteiger partial charge in [-0.3, -0.25) is 14.8 Å². The topological polar surface area (TPSA) is 129 Å². The number of hydrogen-bond acceptors (Lipinski definition) is 6. The summed E-state index contributed by atoms with van der Waals surface area (Å²) in [6, 6.07) is 15.9. The second kappa shape index (κ2) is 10.5. The van der Waals surface area contributed by atoms with Crippen LogP contribution in [0, 0.1) is 11.3 Å². The van der Waals surface area contributed by atoms with E-state index < -0.39 is 24.1 Å². The standard InChI is InChI=1S/C23H22F2N6O2/c24-23(25,20-7-3-4-10-28-20)15-30-21-9-8-17(13-27)19(31(21)33)11-22(32)29-14-18-6-2-1-5-16(18)12-26/h1-10,33H,11-12,14-15,26H2,(H,29,32). The molecule has 1 aromatic carbocycles. The zero-order valence-corrected chi connectivity index (χ0v) is 17.6. The Morgan fingerprint density at radius 1 is 1.18 bits per heavy atom. The lowest BCUT2D eigenvalue weighted by Gasteiger charge is -2.14. The fraction of sp³-hybridized carbons (Fsp3) is 0.217. The Labute approximate surface area is 188 Å². The van der Waals surface area contributed by atoms with Gasteiger partial charge in [-0.15, -0.1) is 0 Å². The van der Waals surface area contributed by atoms with E-state index in [9.17, 15) is 24.0 Å². The molecule has 0 bridgehead atoms. The van der Waals surface area contributed by atoms with Gasteiger partial charge in [0.2, 0.25) is 5.91 Å². The molecule has 8 nitrogen and oxygen atoms in total. The van der Waals surface area contributed by atoms with Crippen LogP contribution in [0.4, 0.5) is 8.78 Å². The number of aromatic nitrogens is 2. The van der Waals surface area contributed by atoms with Crippen LogP contribution in [0.15, 0.2) is 65.8 Å². The van der Waals surface area contributed by atoms with Crippen molar-refractivity contribution in [3.8, 4) is 6.07 Å². The molecule has 0 aliphatic carbocycles. The quantitative estimate of drug-likeness (QED) is 0.450. The molecule has 4 N–H and O–H groups in total. The number of alkyl halides is 2. The van der Waals surface area contributed by atoms with Gasteiger partial charge in [0.25, 0.3) is 0 Å². The minimum absolute atomic E-state index is 0.0189. The minimum Gasteiger partial charge on any atom is -0.427 e. The third-order valence-corrected chi connectivity index (χ3v) is 4.92. The molecule has 0 fully saturated rings. The Hall–Kier alpha value is -4.10. The summed E-state index contributed by atoms with van der Waals surface area (Å²) < 4.78 is 29.2. The van der Waals surface area contributed by atoms with Crippen LogP contribution < -0.4 is 16.5 Å². The van der Waals surface area contributed by atoms with E-state index in [1.165, 1.54) is 36.5 Å². The number of carbonyl (C=O) groups is 1. The lowest BCUT2D eigenvalue weighted by atomic mass is 10.1. The molecule has 3 aromatic rings. The van der Waals surface area contributed by atoms with Crippen LogP contribution in [0.5, 0.6) is 0 Å². The maximum atomic E-state index is 14.4. The Morgan fingerprint density at radius 3 is 2.58 bits per heavy atom. The lowest BCUT2D eigenvalue weighted by Crippen LogP contribution is -2.31. The normalized spacial score (nSPS) is 11.8. The summed E-state index contributed by atoms with van der Waals surface area (Å²) in [5.41, 5.74) is 6.69. The van der Waals surface area contributed by atoms with Crippen LogP contribution in [-0.4, -0.2) is 27.4 Å². The molecular weight excluding hydrogens is 430 g/mol. The smallest absolute Gasteiger partial charge is 0.308 e. The summed E-state index contributed by atoms with van der Waals surface area (Å²) in [5.74, 6) is -3.84. The highest BCUT2D eigenvalue weighted by Gasteiger charge is 2.32. The average Bonchev–Trinajstić information content (AvgIpc) is 2.84. The highest BCUT2D eigenvalue weighted by Crippen LogP contribution is 2.25. The molecule has 0 saturated heterocycles. The summed E-state index contributed by atoms with van der Waals surface area (Å²) in [6.45, 7) is -0.453. The Morgan fingerprint density at radius 2 is 1.91 bits per heavy atom. The van der Waals surface area contributed by atoms with Crippen LogP contribution in [0.1, 0.15) is 28.1 Å². The van der Waals surface area contributed by atoms with Crippen molar-refractivity contribution in [1.82, 2.24) is 15.0 Å². The molecule has 0 spiro atoms. The van der Waals surface area contributed by atoms with E-state index in [-0.39, 0.29) is 29.7 Å². The van der Waals surface area contributed by atoms with Crippen molar-refractivity contribution < 1.29 is 18.8 Å². The van der Waals surface area contributed by atoms with Gasteiger partial charge >= 0.3 is 5.92 Å². The molecule has 2 heterocycles. The molecule has 0 aliphatic rings. The largest absolute Gasteiger partial charge is 0.427 e. The molecular formula is C23H22F2N6O2. The number of rotatable bonds is 8. The minimum atomic E-state index is -3.36. The number of nitrogens with zero attached hydrogens (tertiary/aromatic N) is 4. The van der Waals surface area contributed by atoms with E-state index in [2.05, 4.69) is 15.3 Å². The number of halogens is 2. The summed E-state index contributed by atoms with van der Waals surface area (Å²) in [6.07, 6.45) is 0.893. The molecule has 0 atom stereocenters. The number of nitrogens with one attached hydrogen (secondary N) is 1. The molecule has 0 radical (unpaired) electrons. The van der Waals surface area contributed by atoms with E-state index in [0.29, 0.717) is 11.3 Å².